The normalized spacial score (nSPS) is 21.8. The van der Waals surface area contributed by atoms with Crippen molar-refractivity contribution in [1.29, 1.82) is 0 Å². The zero-order valence-electron chi connectivity index (χ0n) is 12.7. The van der Waals surface area contributed by atoms with Crippen LogP contribution in [0.15, 0.2) is 16.5 Å². The van der Waals surface area contributed by atoms with Crippen LogP contribution >= 0.6 is 0 Å². The molecule has 0 unspecified atom stereocenters. The highest BCUT2D eigenvalue weighted by Gasteiger charge is 2.38. The molecule has 0 aromatic carbocycles. The van der Waals surface area contributed by atoms with E-state index in [0.29, 0.717) is 29.2 Å². The molecule has 1 aromatic heterocycles. The quantitative estimate of drug-likeness (QED) is 0.671. The van der Waals surface area contributed by atoms with E-state index in [1.165, 1.54) is 12.5 Å². The molecule has 112 valence electrons. The standard InChI is InChI=1S/C15H24N2O3/c1-14(2)7-11(8-15(3,4)10-14)16-9-12-5-6-13(20-12)17(18)19/h5-6,11,16H,7-10H2,1-4H3. The molecule has 5 nitrogen and oxygen atoms in total. The lowest BCUT2D eigenvalue weighted by Gasteiger charge is -2.45. The summed E-state index contributed by atoms with van der Waals surface area (Å²) in [5.41, 5.74) is 0.656. The topological polar surface area (TPSA) is 68.3 Å². The van der Waals surface area contributed by atoms with Gasteiger partial charge in [0.1, 0.15) is 10.7 Å². The summed E-state index contributed by atoms with van der Waals surface area (Å²) in [4.78, 5) is 10.1. The minimum Gasteiger partial charge on any atom is -0.404 e. The fourth-order valence-electron chi connectivity index (χ4n) is 3.80. The van der Waals surface area contributed by atoms with Crippen molar-refractivity contribution >= 4 is 5.88 Å². The molecule has 1 fully saturated rings. The average Bonchev–Trinajstić information content (AvgIpc) is 2.70. The Hall–Kier alpha value is -1.36. The van der Waals surface area contributed by atoms with Crippen molar-refractivity contribution < 1.29 is 9.34 Å². The molecule has 0 saturated heterocycles. The first-order valence-corrected chi connectivity index (χ1v) is 7.13. The van der Waals surface area contributed by atoms with Crippen LogP contribution in [0.3, 0.4) is 0 Å². The molecule has 1 aromatic rings. The van der Waals surface area contributed by atoms with Crippen LogP contribution in [-0.4, -0.2) is 11.0 Å². The van der Waals surface area contributed by atoms with Gasteiger partial charge in [-0.1, -0.05) is 27.7 Å². The third-order valence-electron chi connectivity index (χ3n) is 3.95. The summed E-state index contributed by atoms with van der Waals surface area (Å²) in [5, 5.41) is 14.1. The van der Waals surface area contributed by atoms with Crippen LogP contribution in [-0.2, 0) is 6.54 Å². The monoisotopic (exact) mass is 280 g/mol. The highest BCUT2D eigenvalue weighted by atomic mass is 16.6. The van der Waals surface area contributed by atoms with Gasteiger partial charge in [-0.15, -0.1) is 0 Å². The van der Waals surface area contributed by atoms with Gasteiger partial charge >= 0.3 is 5.88 Å². The zero-order chi connectivity index (χ0) is 15.0. The van der Waals surface area contributed by atoms with Crippen LogP contribution in [0.5, 0.6) is 0 Å². The Morgan fingerprint density at radius 2 is 1.90 bits per heavy atom. The number of rotatable bonds is 4. The second-order valence-corrected chi connectivity index (χ2v) is 7.49. The predicted octanol–water partition coefficient (Wildman–Crippen LogP) is 3.88. The lowest BCUT2D eigenvalue weighted by atomic mass is 9.63. The van der Waals surface area contributed by atoms with Crippen LogP contribution in [0.25, 0.3) is 0 Å². The summed E-state index contributed by atoms with van der Waals surface area (Å²) in [5.74, 6) is 0.434. The zero-order valence-corrected chi connectivity index (χ0v) is 12.7. The Kier molecular flexibility index (Phi) is 3.91. The third kappa shape index (κ3) is 3.82. The minimum atomic E-state index is -0.504. The number of hydrogen-bond acceptors (Lipinski definition) is 4. The fourth-order valence-corrected chi connectivity index (χ4v) is 3.80. The van der Waals surface area contributed by atoms with Gasteiger partial charge in [-0.3, -0.25) is 10.1 Å². The van der Waals surface area contributed by atoms with Crippen molar-refractivity contribution in [3.05, 3.63) is 28.0 Å². The molecule has 2 rings (SSSR count). The van der Waals surface area contributed by atoms with E-state index in [4.69, 9.17) is 4.42 Å². The molecule has 1 aliphatic rings. The SMILES string of the molecule is CC1(C)CC(NCc2ccc([N+](=O)[O-])o2)CC(C)(C)C1. The van der Waals surface area contributed by atoms with Crippen molar-refractivity contribution in [3.63, 3.8) is 0 Å². The van der Waals surface area contributed by atoms with E-state index < -0.39 is 4.92 Å². The lowest BCUT2D eigenvalue weighted by molar-refractivity contribution is -0.402. The molecule has 0 bridgehead atoms. The maximum Gasteiger partial charge on any atom is 0.433 e. The first-order valence-electron chi connectivity index (χ1n) is 7.13. The Bertz CT molecular complexity index is 475. The Balaban J connectivity index is 1.94. The number of nitrogens with one attached hydrogen (secondary N) is 1. The van der Waals surface area contributed by atoms with E-state index in [9.17, 15) is 10.1 Å². The molecule has 0 atom stereocenters. The molecule has 1 saturated carbocycles. The first-order chi connectivity index (χ1) is 9.17. The van der Waals surface area contributed by atoms with Crippen molar-refractivity contribution in [1.82, 2.24) is 5.32 Å². The second-order valence-electron chi connectivity index (χ2n) is 7.49. The summed E-state index contributed by atoms with van der Waals surface area (Å²) in [6.45, 7) is 9.77. The van der Waals surface area contributed by atoms with Crippen LogP contribution in [0.2, 0.25) is 0 Å². The summed E-state index contributed by atoms with van der Waals surface area (Å²) >= 11 is 0. The fraction of sp³-hybridized carbons (Fsp3) is 0.733. The van der Waals surface area contributed by atoms with Crippen LogP contribution in [0.4, 0.5) is 5.88 Å². The number of nitro groups is 1. The summed E-state index contributed by atoms with van der Waals surface area (Å²) in [7, 11) is 0. The molecular formula is C15H24N2O3. The van der Waals surface area contributed by atoms with E-state index in [1.54, 1.807) is 6.07 Å². The summed E-state index contributed by atoms with van der Waals surface area (Å²) in [6, 6.07) is 3.51. The molecule has 1 N–H and O–H groups in total. The Labute approximate surface area is 119 Å². The van der Waals surface area contributed by atoms with Gasteiger partial charge in [-0.25, -0.2) is 0 Å². The minimum absolute atomic E-state index is 0.189. The lowest BCUT2D eigenvalue weighted by Crippen LogP contribution is -2.43. The van der Waals surface area contributed by atoms with Gasteiger partial charge in [0.05, 0.1) is 12.6 Å². The van der Waals surface area contributed by atoms with Crippen molar-refractivity contribution in [2.24, 2.45) is 10.8 Å². The molecule has 1 aliphatic carbocycles. The van der Waals surface area contributed by atoms with Gasteiger partial charge in [-0.2, -0.15) is 0 Å². The van der Waals surface area contributed by atoms with Crippen LogP contribution in [0.1, 0.15) is 52.7 Å². The molecule has 0 amide bonds. The number of furan rings is 1. The highest BCUT2D eigenvalue weighted by Crippen LogP contribution is 2.45. The Morgan fingerprint density at radius 1 is 1.30 bits per heavy atom. The molecule has 1 heterocycles. The van der Waals surface area contributed by atoms with Gasteiger partial charge in [0.15, 0.2) is 0 Å². The predicted molar refractivity (Wildman–Crippen MR) is 77.4 cm³/mol. The van der Waals surface area contributed by atoms with Crippen LogP contribution in [0, 0.1) is 20.9 Å². The van der Waals surface area contributed by atoms with E-state index in [-0.39, 0.29) is 5.88 Å². The number of nitrogens with zero attached hydrogens (tertiary/aromatic N) is 1. The summed E-state index contributed by atoms with van der Waals surface area (Å²) < 4.78 is 5.18. The van der Waals surface area contributed by atoms with E-state index in [0.717, 1.165) is 12.8 Å². The molecule has 0 spiro atoms. The molecular weight excluding hydrogens is 256 g/mol. The molecule has 5 heteroatoms. The van der Waals surface area contributed by atoms with Crippen LogP contribution < -0.4 is 5.32 Å². The molecule has 20 heavy (non-hydrogen) atoms. The van der Waals surface area contributed by atoms with Crippen molar-refractivity contribution in [2.45, 2.75) is 59.5 Å². The number of hydrogen-bond donors (Lipinski definition) is 1. The van der Waals surface area contributed by atoms with E-state index >= 15 is 0 Å². The molecule has 0 radical (unpaired) electrons. The summed E-state index contributed by atoms with van der Waals surface area (Å²) in [6.07, 6.45) is 3.48. The van der Waals surface area contributed by atoms with Crippen molar-refractivity contribution in [2.75, 3.05) is 0 Å². The maximum atomic E-state index is 10.6. The second kappa shape index (κ2) is 5.20. The first kappa shape index (κ1) is 15.0. The van der Waals surface area contributed by atoms with Gasteiger partial charge in [0, 0.05) is 6.04 Å². The smallest absolute Gasteiger partial charge is 0.404 e. The van der Waals surface area contributed by atoms with Gasteiger partial charge in [0.2, 0.25) is 0 Å². The highest BCUT2D eigenvalue weighted by molar-refractivity contribution is 5.17. The van der Waals surface area contributed by atoms with Gasteiger partial charge in [-0.05, 0) is 36.2 Å². The maximum absolute atomic E-state index is 10.6. The average molecular weight is 280 g/mol. The Morgan fingerprint density at radius 3 is 2.40 bits per heavy atom. The molecule has 0 aliphatic heterocycles. The van der Waals surface area contributed by atoms with E-state index in [1.807, 2.05) is 0 Å². The van der Waals surface area contributed by atoms with Gasteiger partial charge in [0.25, 0.3) is 0 Å². The van der Waals surface area contributed by atoms with E-state index in [2.05, 4.69) is 33.0 Å². The van der Waals surface area contributed by atoms with Gasteiger partial charge < -0.3 is 9.73 Å². The third-order valence-corrected chi connectivity index (χ3v) is 3.95. The largest absolute Gasteiger partial charge is 0.433 e. The van der Waals surface area contributed by atoms with Crippen molar-refractivity contribution in [3.8, 4) is 0 Å².